The second kappa shape index (κ2) is 5.58. The number of rotatable bonds is 4. The Balaban J connectivity index is 2.39. The molecule has 0 bridgehead atoms. The molecule has 2 rings (SSSR count). The van der Waals surface area contributed by atoms with Gasteiger partial charge in [-0.1, -0.05) is 11.6 Å². The minimum absolute atomic E-state index is 0.191. The Morgan fingerprint density at radius 2 is 1.95 bits per heavy atom. The van der Waals surface area contributed by atoms with Gasteiger partial charge in [-0.2, -0.15) is 4.39 Å². The average molecular weight is 333 g/mol. The van der Waals surface area contributed by atoms with Crippen LogP contribution >= 0.6 is 11.6 Å². The number of anilines is 1. The number of hydrogen-bond donors (Lipinski definition) is 1. The van der Waals surface area contributed by atoms with E-state index in [1.807, 2.05) is 4.72 Å². The van der Waals surface area contributed by atoms with Gasteiger partial charge in [-0.15, -0.1) is 0 Å². The van der Waals surface area contributed by atoms with E-state index < -0.39 is 31.3 Å². The largest absolute Gasteiger partial charge is 0.304 e. The number of nitrogens with one attached hydrogen (secondary N) is 1. The Labute approximate surface area is 122 Å². The third-order valence-corrected chi connectivity index (χ3v) is 3.92. The highest BCUT2D eigenvalue weighted by molar-refractivity contribution is 7.92. The molecule has 0 atom stereocenters. The van der Waals surface area contributed by atoms with Gasteiger partial charge >= 0.3 is 5.69 Å². The van der Waals surface area contributed by atoms with Gasteiger partial charge in [0.25, 0.3) is 10.0 Å². The molecule has 0 spiro atoms. The first kappa shape index (κ1) is 15.1. The van der Waals surface area contributed by atoms with E-state index in [4.69, 9.17) is 11.6 Å². The zero-order valence-corrected chi connectivity index (χ0v) is 11.6. The molecule has 1 aromatic carbocycles. The minimum Gasteiger partial charge on any atom is -0.261 e. The number of halogens is 2. The molecule has 0 radical (unpaired) electrons. The second-order valence-electron chi connectivity index (χ2n) is 3.67. The highest BCUT2D eigenvalue weighted by Crippen LogP contribution is 2.23. The van der Waals surface area contributed by atoms with E-state index in [1.54, 1.807) is 0 Å². The van der Waals surface area contributed by atoms with E-state index in [0.29, 0.717) is 6.07 Å². The normalized spacial score (nSPS) is 11.1. The van der Waals surface area contributed by atoms with Gasteiger partial charge in [-0.3, -0.25) is 14.8 Å². The molecular weight excluding hydrogens is 327 g/mol. The predicted octanol–water partition coefficient (Wildman–Crippen LogP) is 1.98. The summed E-state index contributed by atoms with van der Waals surface area (Å²) in [6.07, 6.45) is 2.46. The summed E-state index contributed by atoms with van der Waals surface area (Å²) in [5.74, 6) is -1.51. The molecule has 21 heavy (non-hydrogen) atoms. The predicted molar refractivity (Wildman–Crippen MR) is 70.9 cm³/mol. The molecule has 0 aliphatic rings. The van der Waals surface area contributed by atoms with Crippen molar-refractivity contribution < 1.29 is 17.7 Å². The summed E-state index contributed by atoms with van der Waals surface area (Å²) >= 11 is 5.65. The highest BCUT2D eigenvalue weighted by Gasteiger charge is 2.22. The molecule has 0 saturated carbocycles. The summed E-state index contributed by atoms with van der Waals surface area (Å²) in [6.45, 7) is 0. The summed E-state index contributed by atoms with van der Waals surface area (Å²) in [6, 6.07) is 2.18. The van der Waals surface area contributed by atoms with Crippen LogP contribution in [-0.4, -0.2) is 23.3 Å². The van der Waals surface area contributed by atoms with Crippen molar-refractivity contribution in [3.8, 4) is 0 Å². The molecule has 110 valence electrons. The first-order valence-corrected chi connectivity index (χ1v) is 7.10. The summed E-state index contributed by atoms with van der Waals surface area (Å²) in [4.78, 5) is 16.3. The van der Waals surface area contributed by atoms with Crippen LogP contribution < -0.4 is 4.72 Å². The molecule has 0 amide bonds. The van der Waals surface area contributed by atoms with Crippen molar-refractivity contribution in [3.05, 3.63) is 51.7 Å². The molecule has 8 nitrogen and oxygen atoms in total. The van der Waals surface area contributed by atoms with Crippen LogP contribution in [0, 0.1) is 15.9 Å². The van der Waals surface area contributed by atoms with E-state index >= 15 is 0 Å². The number of nitro groups is 1. The van der Waals surface area contributed by atoms with E-state index in [9.17, 15) is 22.9 Å². The summed E-state index contributed by atoms with van der Waals surface area (Å²) in [5, 5.41) is 10.3. The van der Waals surface area contributed by atoms with Gasteiger partial charge in [0.2, 0.25) is 5.82 Å². The fourth-order valence-electron chi connectivity index (χ4n) is 1.38. The molecule has 0 unspecified atom stereocenters. The van der Waals surface area contributed by atoms with E-state index in [0.717, 1.165) is 12.1 Å². The van der Waals surface area contributed by atoms with Gasteiger partial charge in [-0.05, 0) is 6.07 Å². The van der Waals surface area contributed by atoms with Crippen LogP contribution in [0.1, 0.15) is 0 Å². The van der Waals surface area contributed by atoms with Crippen LogP contribution in [0.25, 0.3) is 0 Å². The highest BCUT2D eigenvalue weighted by atomic mass is 35.5. The van der Waals surface area contributed by atoms with Gasteiger partial charge < -0.3 is 0 Å². The van der Waals surface area contributed by atoms with Crippen LogP contribution in [0.2, 0.25) is 5.15 Å². The summed E-state index contributed by atoms with van der Waals surface area (Å²) in [7, 11) is -4.20. The minimum atomic E-state index is -4.20. The molecule has 0 aliphatic carbocycles. The first-order chi connectivity index (χ1) is 9.81. The second-order valence-corrected chi connectivity index (χ2v) is 5.71. The van der Waals surface area contributed by atoms with Gasteiger partial charge in [0.1, 0.15) is 0 Å². The Kier molecular flexibility index (Phi) is 4.00. The summed E-state index contributed by atoms with van der Waals surface area (Å²) in [5.41, 5.74) is -0.827. The fourth-order valence-corrected chi connectivity index (χ4v) is 2.61. The number of nitro benzene ring substituents is 1. The molecule has 11 heteroatoms. The monoisotopic (exact) mass is 332 g/mol. The van der Waals surface area contributed by atoms with Crippen molar-refractivity contribution in [2.45, 2.75) is 4.90 Å². The molecule has 0 saturated heterocycles. The number of aromatic nitrogens is 2. The summed E-state index contributed by atoms with van der Waals surface area (Å²) < 4.78 is 39.5. The Hall–Kier alpha value is -2.33. The van der Waals surface area contributed by atoms with Crippen molar-refractivity contribution in [2.24, 2.45) is 0 Å². The van der Waals surface area contributed by atoms with Crippen molar-refractivity contribution >= 4 is 33.1 Å². The van der Waals surface area contributed by atoms with Crippen LogP contribution in [0.5, 0.6) is 0 Å². The maximum absolute atomic E-state index is 13.5. The van der Waals surface area contributed by atoms with Gasteiger partial charge in [0.15, 0.2) is 11.0 Å². The van der Waals surface area contributed by atoms with Crippen molar-refractivity contribution in [1.29, 1.82) is 0 Å². The maximum atomic E-state index is 13.5. The van der Waals surface area contributed by atoms with Gasteiger partial charge in [0.05, 0.1) is 9.82 Å². The number of sulfonamides is 1. The standard InChI is InChI=1S/C10H6ClFN4O4S/c11-9-10(14-4-3-13-9)15-21(19,20)6-1-2-8(16(17)18)7(12)5-6/h1-5H,(H,14,15). The van der Waals surface area contributed by atoms with Crippen LogP contribution in [0.3, 0.4) is 0 Å². The van der Waals surface area contributed by atoms with E-state index in [2.05, 4.69) is 9.97 Å². The number of hydrogen-bond acceptors (Lipinski definition) is 6. The zero-order chi connectivity index (χ0) is 15.6. The van der Waals surface area contributed by atoms with Gasteiger partial charge in [0, 0.05) is 24.5 Å². The quantitative estimate of drug-likeness (QED) is 0.676. The fraction of sp³-hybridized carbons (Fsp3) is 0. The topological polar surface area (TPSA) is 115 Å². The molecule has 2 aromatic rings. The van der Waals surface area contributed by atoms with Crippen LogP contribution in [0.4, 0.5) is 15.9 Å². The Bertz CT molecular complexity index is 814. The third-order valence-electron chi connectivity index (χ3n) is 2.31. The third kappa shape index (κ3) is 3.23. The molecule has 0 fully saturated rings. The lowest BCUT2D eigenvalue weighted by molar-refractivity contribution is -0.387. The van der Waals surface area contributed by atoms with Crippen LogP contribution in [-0.2, 0) is 10.0 Å². The van der Waals surface area contributed by atoms with E-state index in [1.165, 1.54) is 12.4 Å². The molecular formula is C10H6ClFN4O4S. The molecule has 1 heterocycles. The Morgan fingerprint density at radius 3 is 2.52 bits per heavy atom. The van der Waals surface area contributed by atoms with Crippen molar-refractivity contribution in [3.63, 3.8) is 0 Å². The smallest absolute Gasteiger partial charge is 0.261 e. The van der Waals surface area contributed by atoms with Crippen LogP contribution in [0.15, 0.2) is 35.5 Å². The maximum Gasteiger partial charge on any atom is 0.304 e. The lowest BCUT2D eigenvalue weighted by atomic mass is 10.3. The lowest BCUT2D eigenvalue weighted by Gasteiger charge is -2.07. The van der Waals surface area contributed by atoms with Crippen molar-refractivity contribution in [2.75, 3.05) is 4.72 Å². The Morgan fingerprint density at radius 1 is 1.29 bits per heavy atom. The van der Waals surface area contributed by atoms with E-state index in [-0.39, 0.29) is 11.0 Å². The van der Waals surface area contributed by atoms with Gasteiger partial charge in [-0.25, -0.2) is 18.4 Å². The average Bonchev–Trinajstić information content (AvgIpc) is 2.40. The zero-order valence-electron chi connectivity index (χ0n) is 10.0. The molecule has 0 aliphatic heterocycles. The first-order valence-electron chi connectivity index (χ1n) is 5.24. The SMILES string of the molecule is O=[N+]([O-])c1ccc(S(=O)(=O)Nc2nccnc2Cl)cc1F. The number of nitrogens with zero attached hydrogens (tertiary/aromatic N) is 3. The van der Waals surface area contributed by atoms with Crippen molar-refractivity contribution in [1.82, 2.24) is 9.97 Å². The molecule has 1 N–H and O–H groups in total. The molecule has 1 aromatic heterocycles. The lowest BCUT2D eigenvalue weighted by Crippen LogP contribution is -2.15. The number of benzene rings is 1.